The zero-order valence-electron chi connectivity index (χ0n) is 10.3. The van der Waals surface area contributed by atoms with Gasteiger partial charge in [-0.2, -0.15) is 0 Å². The minimum atomic E-state index is -0.436. The van der Waals surface area contributed by atoms with E-state index in [2.05, 4.69) is 21.2 Å². The molecule has 0 bridgehead atoms. The molecule has 0 saturated carbocycles. The zero-order chi connectivity index (χ0) is 13.4. The monoisotopic (exact) mass is 317 g/mol. The Morgan fingerprint density at radius 2 is 2.22 bits per heavy atom. The standard InChI is InChI=1S/C13H17BrFNO2/c1-2-7-18-8-3-6-16-13(17)10-4-5-11(14)12(15)9-10/h4-5,9H,2-3,6-8H2,1H3,(H,16,17). The fraction of sp³-hybridized carbons (Fsp3) is 0.462. The fourth-order valence-electron chi connectivity index (χ4n) is 1.36. The highest BCUT2D eigenvalue weighted by atomic mass is 79.9. The molecule has 0 saturated heterocycles. The smallest absolute Gasteiger partial charge is 0.251 e. The van der Waals surface area contributed by atoms with Crippen LogP contribution in [-0.2, 0) is 4.74 Å². The molecule has 1 aromatic rings. The Bertz CT molecular complexity index is 399. The van der Waals surface area contributed by atoms with E-state index >= 15 is 0 Å². The van der Waals surface area contributed by atoms with E-state index in [4.69, 9.17) is 4.74 Å². The number of amides is 1. The third-order valence-electron chi connectivity index (χ3n) is 2.28. The Kier molecular flexibility index (Phi) is 6.90. The number of hydrogen-bond donors (Lipinski definition) is 1. The number of rotatable bonds is 7. The quantitative estimate of drug-likeness (QED) is 0.785. The lowest BCUT2D eigenvalue weighted by molar-refractivity contribution is 0.0941. The van der Waals surface area contributed by atoms with E-state index in [1.54, 1.807) is 6.07 Å². The van der Waals surface area contributed by atoms with E-state index in [1.807, 2.05) is 6.92 Å². The molecule has 0 radical (unpaired) electrons. The summed E-state index contributed by atoms with van der Waals surface area (Å²) in [6, 6.07) is 4.32. The molecule has 1 N–H and O–H groups in total. The Hall–Kier alpha value is -0.940. The Morgan fingerprint density at radius 3 is 2.89 bits per heavy atom. The van der Waals surface area contributed by atoms with E-state index in [1.165, 1.54) is 12.1 Å². The summed E-state index contributed by atoms with van der Waals surface area (Å²) in [4.78, 5) is 11.7. The van der Waals surface area contributed by atoms with Gasteiger partial charge in [-0.3, -0.25) is 4.79 Å². The SMILES string of the molecule is CCCOCCCNC(=O)c1ccc(Br)c(F)c1. The van der Waals surface area contributed by atoms with Crippen molar-refractivity contribution >= 4 is 21.8 Å². The van der Waals surface area contributed by atoms with Gasteiger partial charge in [-0.05, 0) is 47.0 Å². The number of carbonyl (C=O) groups is 1. The summed E-state index contributed by atoms with van der Waals surface area (Å²) in [7, 11) is 0. The van der Waals surface area contributed by atoms with Crippen molar-refractivity contribution in [1.29, 1.82) is 0 Å². The first-order valence-electron chi connectivity index (χ1n) is 5.96. The van der Waals surface area contributed by atoms with Crippen LogP contribution in [0.4, 0.5) is 4.39 Å². The lowest BCUT2D eigenvalue weighted by atomic mass is 10.2. The summed E-state index contributed by atoms with van der Waals surface area (Å²) >= 11 is 3.04. The van der Waals surface area contributed by atoms with Gasteiger partial charge in [0.15, 0.2) is 0 Å². The number of benzene rings is 1. The molecule has 0 aromatic heterocycles. The van der Waals surface area contributed by atoms with Crippen LogP contribution in [0.15, 0.2) is 22.7 Å². The van der Waals surface area contributed by atoms with Crippen molar-refractivity contribution in [3.63, 3.8) is 0 Å². The molecule has 5 heteroatoms. The zero-order valence-corrected chi connectivity index (χ0v) is 11.9. The molecule has 0 heterocycles. The second-order valence-corrected chi connectivity index (χ2v) is 4.71. The van der Waals surface area contributed by atoms with E-state index in [0.29, 0.717) is 23.2 Å². The highest BCUT2D eigenvalue weighted by Crippen LogP contribution is 2.16. The third-order valence-corrected chi connectivity index (χ3v) is 2.92. The highest BCUT2D eigenvalue weighted by Gasteiger charge is 2.07. The molecule has 0 aliphatic carbocycles. The molecule has 0 aliphatic heterocycles. The fourth-order valence-corrected chi connectivity index (χ4v) is 1.61. The summed E-state index contributed by atoms with van der Waals surface area (Å²) in [5.74, 6) is -0.703. The maximum absolute atomic E-state index is 13.2. The minimum Gasteiger partial charge on any atom is -0.381 e. The van der Waals surface area contributed by atoms with Gasteiger partial charge >= 0.3 is 0 Å². The summed E-state index contributed by atoms with van der Waals surface area (Å²) in [6.45, 7) is 3.94. The van der Waals surface area contributed by atoms with Crippen LogP contribution in [0.2, 0.25) is 0 Å². The van der Waals surface area contributed by atoms with Gasteiger partial charge in [0.1, 0.15) is 5.82 Å². The highest BCUT2D eigenvalue weighted by molar-refractivity contribution is 9.10. The number of nitrogens with one attached hydrogen (secondary N) is 1. The van der Waals surface area contributed by atoms with Crippen molar-refractivity contribution in [1.82, 2.24) is 5.32 Å². The van der Waals surface area contributed by atoms with Crippen LogP contribution in [-0.4, -0.2) is 25.7 Å². The van der Waals surface area contributed by atoms with Crippen LogP contribution >= 0.6 is 15.9 Å². The molecule has 18 heavy (non-hydrogen) atoms. The first-order valence-corrected chi connectivity index (χ1v) is 6.75. The minimum absolute atomic E-state index is 0.267. The van der Waals surface area contributed by atoms with Crippen LogP contribution in [0.5, 0.6) is 0 Å². The molecular formula is C13H17BrFNO2. The first kappa shape index (κ1) is 15.1. The normalized spacial score (nSPS) is 10.4. The second-order valence-electron chi connectivity index (χ2n) is 3.85. The predicted octanol–water partition coefficient (Wildman–Crippen LogP) is 3.13. The van der Waals surface area contributed by atoms with Crippen LogP contribution in [0.25, 0.3) is 0 Å². The summed E-state index contributed by atoms with van der Waals surface area (Å²) in [5, 5.41) is 2.72. The van der Waals surface area contributed by atoms with Gasteiger partial charge in [-0.1, -0.05) is 6.92 Å². The average Bonchev–Trinajstić information content (AvgIpc) is 2.36. The molecule has 1 amide bonds. The van der Waals surface area contributed by atoms with Gasteiger partial charge in [0, 0.05) is 25.3 Å². The molecule has 0 unspecified atom stereocenters. The number of hydrogen-bond acceptors (Lipinski definition) is 2. The van der Waals surface area contributed by atoms with E-state index in [0.717, 1.165) is 19.4 Å². The lowest BCUT2D eigenvalue weighted by Crippen LogP contribution is -2.25. The largest absolute Gasteiger partial charge is 0.381 e. The van der Waals surface area contributed by atoms with Gasteiger partial charge in [0.2, 0.25) is 0 Å². The molecule has 0 fully saturated rings. The van der Waals surface area contributed by atoms with Crippen LogP contribution < -0.4 is 5.32 Å². The summed E-state index contributed by atoms with van der Waals surface area (Å²) < 4.78 is 18.9. The number of carbonyl (C=O) groups excluding carboxylic acids is 1. The Balaban J connectivity index is 2.30. The maximum atomic E-state index is 13.2. The van der Waals surface area contributed by atoms with Gasteiger partial charge in [-0.15, -0.1) is 0 Å². The second kappa shape index (κ2) is 8.21. The van der Waals surface area contributed by atoms with Gasteiger partial charge in [0.05, 0.1) is 4.47 Å². The molecule has 1 aromatic carbocycles. The van der Waals surface area contributed by atoms with Crippen molar-refractivity contribution in [2.45, 2.75) is 19.8 Å². The molecule has 3 nitrogen and oxygen atoms in total. The van der Waals surface area contributed by atoms with Crippen molar-refractivity contribution in [2.24, 2.45) is 0 Å². The predicted molar refractivity (Wildman–Crippen MR) is 72.2 cm³/mol. The van der Waals surface area contributed by atoms with Crippen LogP contribution in [0, 0.1) is 5.82 Å². The Labute approximate surface area is 115 Å². The molecule has 0 spiro atoms. The summed E-state index contributed by atoms with van der Waals surface area (Å²) in [6.07, 6.45) is 1.75. The van der Waals surface area contributed by atoms with E-state index < -0.39 is 5.82 Å². The molecule has 1 rings (SSSR count). The molecular weight excluding hydrogens is 301 g/mol. The number of ether oxygens (including phenoxy) is 1. The lowest BCUT2D eigenvalue weighted by Gasteiger charge is -2.06. The van der Waals surface area contributed by atoms with Crippen molar-refractivity contribution in [2.75, 3.05) is 19.8 Å². The Morgan fingerprint density at radius 1 is 1.44 bits per heavy atom. The molecule has 0 atom stereocenters. The maximum Gasteiger partial charge on any atom is 0.251 e. The average molecular weight is 318 g/mol. The van der Waals surface area contributed by atoms with Crippen molar-refractivity contribution in [3.8, 4) is 0 Å². The number of halogens is 2. The van der Waals surface area contributed by atoms with Gasteiger partial charge in [0.25, 0.3) is 5.91 Å². The third kappa shape index (κ3) is 5.14. The molecule has 100 valence electrons. The molecule has 0 aliphatic rings. The van der Waals surface area contributed by atoms with Crippen LogP contribution in [0.3, 0.4) is 0 Å². The topological polar surface area (TPSA) is 38.3 Å². The summed E-state index contributed by atoms with van der Waals surface area (Å²) in [5.41, 5.74) is 0.324. The van der Waals surface area contributed by atoms with Crippen LogP contribution in [0.1, 0.15) is 30.1 Å². The first-order chi connectivity index (χ1) is 8.65. The van der Waals surface area contributed by atoms with E-state index in [9.17, 15) is 9.18 Å². The van der Waals surface area contributed by atoms with E-state index in [-0.39, 0.29) is 5.91 Å². The van der Waals surface area contributed by atoms with Crippen molar-refractivity contribution in [3.05, 3.63) is 34.1 Å². The van der Waals surface area contributed by atoms with Gasteiger partial charge < -0.3 is 10.1 Å². The van der Waals surface area contributed by atoms with Crippen molar-refractivity contribution < 1.29 is 13.9 Å². The van der Waals surface area contributed by atoms with Gasteiger partial charge in [-0.25, -0.2) is 4.39 Å².